The molecule has 0 spiro atoms. The molecular weight excluding hydrogens is 192 g/mol. The molecule has 0 bridgehead atoms. The minimum absolute atomic E-state index is 0.0175. The molecule has 1 atom stereocenters. The van der Waals surface area contributed by atoms with Crippen LogP contribution in [0.4, 0.5) is 0 Å². The van der Waals surface area contributed by atoms with E-state index < -0.39 is 0 Å². The van der Waals surface area contributed by atoms with Gasteiger partial charge in [0.25, 0.3) is 0 Å². The lowest BCUT2D eigenvalue weighted by atomic mass is 10.1. The Morgan fingerprint density at radius 2 is 2.47 bits per heavy atom. The van der Waals surface area contributed by atoms with Gasteiger partial charge in [0.2, 0.25) is 5.91 Å². The first-order valence-electron chi connectivity index (χ1n) is 5.43. The molecule has 5 nitrogen and oxygen atoms in total. The fourth-order valence-corrected chi connectivity index (χ4v) is 1.41. The average Bonchev–Trinajstić information content (AvgIpc) is 2.18. The summed E-state index contributed by atoms with van der Waals surface area (Å²) < 4.78 is 0. The average molecular weight is 212 g/mol. The van der Waals surface area contributed by atoms with Crippen LogP contribution in [-0.4, -0.2) is 31.0 Å². The molecule has 0 aromatic heterocycles. The number of carbonyl (C=O) groups excluding carboxylic acids is 1. The number of carbonyl (C=O) groups is 1. The van der Waals surface area contributed by atoms with Gasteiger partial charge in [-0.3, -0.25) is 9.79 Å². The molecule has 1 fully saturated rings. The highest BCUT2D eigenvalue weighted by molar-refractivity contribution is 5.88. The Morgan fingerprint density at radius 3 is 3.07 bits per heavy atom. The Kier molecular flexibility index (Phi) is 4.39. The Bertz CT molecular complexity index is 250. The van der Waals surface area contributed by atoms with Gasteiger partial charge in [0.05, 0.1) is 0 Å². The van der Waals surface area contributed by atoms with Crippen LogP contribution in [0.3, 0.4) is 0 Å². The van der Waals surface area contributed by atoms with E-state index in [0.717, 1.165) is 19.4 Å². The third-order valence-electron chi connectivity index (χ3n) is 2.23. The van der Waals surface area contributed by atoms with Crippen LogP contribution >= 0.6 is 0 Å². The van der Waals surface area contributed by atoms with E-state index in [0.29, 0.717) is 18.4 Å². The van der Waals surface area contributed by atoms with E-state index in [-0.39, 0.29) is 11.9 Å². The predicted molar refractivity (Wildman–Crippen MR) is 60.5 cm³/mol. The Morgan fingerprint density at radius 1 is 1.73 bits per heavy atom. The third-order valence-corrected chi connectivity index (χ3v) is 2.23. The molecule has 15 heavy (non-hydrogen) atoms. The van der Waals surface area contributed by atoms with Gasteiger partial charge in [-0.25, -0.2) is 0 Å². The highest BCUT2D eigenvalue weighted by Gasteiger charge is 2.21. The van der Waals surface area contributed by atoms with Gasteiger partial charge in [0.1, 0.15) is 6.04 Å². The van der Waals surface area contributed by atoms with E-state index in [1.807, 2.05) is 0 Å². The largest absolute Gasteiger partial charge is 0.370 e. The van der Waals surface area contributed by atoms with Gasteiger partial charge in [0, 0.05) is 13.1 Å². The monoisotopic (exact) mass is 212 g/mol. The van der Waals surface area contributed by atoms with Crippen LogP contribution < -0.4 is 16.4 Å². The molecule has 1 saturated heterocycles. The molecule has 1 aliphatic rings. The van der Waals surface area contributed by atoms with Gasteiger partial charge in [0.15, 0.2) is 5.96 Å². The number of hydrogen-bond acceptors (Lipinski definition) is 2. The molecule has 86 valence electrons. The number of nitrogens with two attached hydrogens (primary N) is 1. The lowest BCUT2D eigenvalue weighted by molar-refractivity contribution is -0.124. The summed E-state index contributed by atoms with van der Waals surface area (Å²) in [6.07, 6.45) is 1.81. The summed E-state index contributed by atoms with van der Waals surface area (Å²) in [6.45, 7) is 5.60. The van der Waals surface area contributed by atoms with Crippen molar-refractivity contribution in [3.8, 4) is 0 Å². The van der Waals surface area contributed by atoms with E-state index >= 15 is 0 Å². The zero-order valence-electron chi connectivity index (χ0n) is 9.42. The second-order valence-electron chi connectivity index (χ2n) is 4.25. The van der Waals surface area contributed by atoms with Crippen molar-refractivity contribution in [2.24, 2.45) is 16.6 Å². The molecule has 0 saturated carbocycles. The molecule has 1 rings (SSSR count). The Hall–Kier alpha value is -1.26. The normalized spacial score (nSPS) is 22.7. The van der Waals surface area contributed by atoms with Gasteiger partial charge in [-0.05, 0) is 18.8 Å². The van der Waals surface area contributed by atoms with Gasteiger partial charge in [-0.2, -0.15) is 0 Å². The SMILES string of the molecule is CC(C)CN=C(N)NC1CCCNC1=O. The maximum absolute atomic E-state index is 11.4. The molecule has 5 heteroatoms. The lowest BCUT2D eigenvalue weighted by Crippen LogP contribution is -2.52. The van der Waals surface area contributed by atoms with Crippen LogP contribution in [-0.2, 0) is 4.79 Å². The minimum atomic E-state index is -0.213. The summed E-state index contributed by atoms with van der Waals surface area (Å²) in [6, 6.07) is -0.213. The molecule has 0 aromatic rings. The van der Waals surface area contributed by atoms with Gasteiger partial charge in [-0.15, -0.1) is 0 Å². The summed E-state index contributed by atoms with van der Waals surface area (Å²) in [5.41, 5.74) is 5.67. The number of aliphatic imine (C=N–C) groups is 1. The summed E-state index contributed by atoms with van der Waals surface area (Å²) in [4.78, 5) is 15.5. The summed E-state index contributed by atoms with van der Waals surface area (Å²) in [5, 5.41) is 5.73. The van der Waals surface area contributed by atoms with Crippen LogP contribution in [0, 0.1) is 5.92 Å². The maximum Gasteiger partial charge on any atom is 0.242 e. The molecule has 1 amide bonds. The standard InChI is InChI=1S/C10H20N4O/c1-7(2)6-13-10(11)14-8-4-3-5-12-9(8)15/h7-8H,3-6H2,1-2H3,(H,12,15)(H3,11,13,14). The van der Waals surface area contributed by atoms with E-state index in [1.54, 1.807) is 0 Å². The zero-order chi connectivity index (χ0) is 11.3. The van der Waals surface area contributed by atoms with Crippen molar-refractivity contribution in [3.05, 3.63) is 0 Å². The van der Waals surface area contributed by atoms with E-state index in [4.69, 9.17) is 5.73 Å². The van der Waals surface area contributed by atoms with Crippen LogP contribution in [0.1, 0.15) is 26.7 Å². The van der Waals surface area contributed by atoms with E-state index in [9.17, 15) is 4.79 Å². The molecule has 1 unspecified atom stereocenters. The van der Waals surface area contributed by atoms with Gasteiger partial charge >= 0.3 is 0 Å². The minimum Gasteiger partial charge on any atom is -0.370 e. The Labute approximate surface area is 90.5 Å². The van der Waals surface area contributed by atoms with Crippen molar-refractivity contribution in [1.29, 1.82) is 0 Å². The summed E-state index contributed by atoms with van der Waals surface area (Å²) >= 11 is 0. The number of amides is 1. The Balaban J connectivity index is 2.38. The molecule has 4 N–H and O–H groups in total. The number of guanidine groups is 1. The van der Waals surface area contributed by atoms with Crippen LogP contribution in [0.5, 0.6) is 0 Å². The zero-order valence-corrected chi connectivity index (χ0v) is 9.42. The van der Waals surface area contributed by atoms with Crippen molar-refractivity contribution in [1.82, 2.24) is 10.6 Å². The number of piperidine rings is 1. The first-order valence-corrected chi connectivity index (χ1v) is 5.43. The second-order valence-corrected chi connectivity index (χ2v) is 4.25. The van der Waals surface area contributed by atoms with Crippen LogP contribution in [0.25, 0.3) is 0 Å². The predicted octanol–water partition coefficient (Wildman–Crippen LogP) is -0.175. The fraction of sp³-hybridized carbons (Fsp3) is 0.800. The first-order chi connectivity index (χ1) is 7.09. The van der Waals surface area contributed by atoms with Gasteiger partial charge in [-0.1, -0.05) is 13.8 Å². The lowest BCUT2D eigenvalue weighted by Gasteiger charge is -2.23. The van der Waals surface area contributed by atoms with Gasteiger partial charge < -0.3 is 16.4 Å². The van der Waals surface area contributed by atoms with Crippen LogP contribution in [0.15, 0.2) is 4.99 Å². The quantitative estimate of drug-likeness (QED) is 0.449. The number of nitrogens with zero attached hydrogens (tertiary/aromatic N) is 1. The van der Waals surface area contributed by atoms with E-state index in [2.05, 4.69) is 29.5 Å². The molecule has 0 aromatic carbocycles. The van der Waals surface area contributed by atoms with Crippen molar-refractivity contribution in [2.75, 3.05) is 13.1 Å². The summed E-state index contributed by atoms with van der Waals surface area (Å²) in [5.74, 6) is 0.861. The van der Waals surface area contributed by atoms with Crippen molar-refractivity contribution in [3.63, 3.8) is 0 Å². The highest BCUT2D eigenvalue weighted by atomic mass is 16.2. The molecule has 0 radical (unpaired) electrons. The highest BCUT2D eigenvalue weighted by Crippen LogP contribution is 2.02. The summed E-state index contributed by atoms with van der Waals surface area (Å²) in [7, 11) is 0. The van der Waals surface area contributed by atoms with E-state index in [1.165, 1.54) is 0 Å². The molecular formula is C10H20N4O. The molecule has 0 aliphatic carbocycles. The number of hydrogen-bond donors (Lipinski definition) is 3. The van der Waals surface area contributed by atoms with Crippen molar-refractivity contribution < 1.29 is 4.79 Å². The van der Waals surface area contributed by atoms with Crippen LogP contribution in [0.2, 0.25) is 0 Å². The van der Waals surface area contributed by atoms with Crippen molar-refractivity contribution >= 4 is 11.9 Å². The maximum atomic E-state index is 11.4. The first kappa shape index (κ1) is 11.8. The van der Waals surface area contributed by atoms with Crippen molar-refractivity contribution in [2.45, 2.75) is 32.7 Å². The molecule has 1 aliphatic heterocycles. The smallest absolute Gasteiger partial charge is 0.242 e. The fourth-order valence-electron chi connectivity index (χ4n) is 1.41. The second kappa shape index (κ2) is 5.58. The number of rotatable bonds is 3. The topological polar surface area (TPSA) is 79.5 Å². The molecule has 1 heterocycles. The number of nitrogens with one attached hydrogen (secondary N) is 2. The third kappa shape index (κ3) is 4.18.